The summed E-state index contributed by atoms with van der Waals surface area (Å²) in [6, 6.07) is 2.18. The number of hydrogen-bond donors (Lipinski definition) is 16. The molecule has 5 heterocycles. The predicted molar refractivity (Wildman–Crippen MR) is 244 cm³/mol. The second-order valence-corrected chi connectivity index (χ2v) is 17.3. The van der Waals surface area contributed by atoms with Crippen molar-refractivity contribution in [3.8, 4) is 120 Å². The van der Waals surface area contributed by atoms with Crippen molar-refractivity contribution in [1.82, 2.24) is 0 Å². The lowest BCUT2D eigenvalue weighted by atomic mass is 9.88. The number of benzene rings is 6. The molecule has 0 spiro atoms. The summed E-state index contributed by atoms with van der Waals surface area (Å²) in [4.78, 5) is 86.5. The van der Waals surface area contributed by atoms with E-state index >= 15 is 0 Å². The first-order chi connectivity index (χ1) is 36.3. The number of phenols is 15. The average molecular weight is 1070 g/mol. The standard InChI is InChI=1S/C48H28O29/c49-11-5-16-23-25-27(46(68)72-16)24-21-10(4-15(53)31(57)35(21)61)43(65)74-38-17(6-71-42(64)7-1-12(50)30(56)34(60)20(7)22(11)26(23)47(69)75-39(25)37(63)36(24)62)73-48(70)41-40(38)76-44(66)8-2-13(51)28(54)32(58)18(8)19-9(45(67)77-41)3-14(52)29(55)33(19)59/h1-5,17,38,40-41,48-63,70H,6H2/t17-,38?,40+,41-,48?/m1/s1. The van der Waals surface area contributed by atoms with Crippen molar-refractivity contribution in [3.05, 3.63) is 73.4 Å². The Labute approximate surface area is 419 Å². The smallest absolute Gasteiger partial charge is 0.345 e. The van der Waals surface area contributed by atoms with Crippen molar-refractivity contribution >= 4 is 56.6 Å². The zero-order valence-corrected chi connectivity index (χ0v) is 37.4. The van der Waals surface area contributed by atoms with E-state index in [2.05, 4.69) is 0 Å². The Bertz CT molecular complexity index is 4190. The van der Waals surface area contributed by atoms with Gasteiger partial charge in [0.15, 0.2) is 81.9 Å². The van der Waals surface area contributed by atoms with Gasteiger partial charge in [-0.05, 0) is 24.3 Å². The molecule has 2 unspecified atom stereocenters. The molecule has 11 rings (SSSR count). The molecule has 6 aromatic carbocycles. The van der Waals surface area contributed by atoms with Crippen LogP contribution < -0.4 is 11.3 Å². The van der Waals surface area contributed by atoms with Gasteiger partial charge < -0.3 is 114 Å². The summed E-state index contributed by atoms with van der Waals surface area (Å²) in [7, 11) is 0. The number of carbonyl (C=O) groups is 4. The fraction of sp³-hybridized carbons (Fsp3) is 0.125. The lowest BCUT2D eigenvalue weighted by Gasteiger charge is -2.43. The first-order valence-corrected chi connectivity index (χ1v) is 21.6. The Morgan fingerprint density at radius 1 is 0.364 bits per heavy atom. The second kappa shape index (κ2) is 16.3. The molecule has 77 heavy (non-hydrogen) atoms. The van der Waals surface area contributed by atoms with Gasteiger partial charge in [-0.3, -0.25) is 0 Å². The van der Waals surface area contributed by atoms with Crippen LogP contribution >= 0.6 is 0 Å². The van der Waals surface area contributed by atoms with Crippen LogP contribution in [0.2, 0.25) is 0 Å². The third-order valence-corrected chi connectivity index (χ3v) is 13.1. The van der Waals surface area contributed by atoms with Crippen LogP contribution in [0.1, 0.15) is 41.4 Å². The highest BCUT2D eigenvalue weighted by Gasteiger charge is 2.54. The summed E-state index contributed by atoms with van der Waals surface area (Å²) in [5.41, 5.74) is -16.3. The number of cyclic esters (lactones) is 1. The number of phenolic OH excluding ortho intramolecular Hbond substituents is 15. The number of carbonyl (C=O) groups excluding carboxylic acids is 4. The first-order valence-electron chi connectivity index (χ1n) is 21.6. The van der Waals surface area contributed by atoms with E-state index in [1.165, 1.54) is 0 Å². The molecule has 1 saturated heterocycles. The molecule has 0 radical (unpaired) electrons. The van der Waals surface area contributed by atoms with Gasteiger partial charge in [0.25, 0.3) is 0 Å². The number of aliphatic hydroxyl groups excluding tert-OH is 1. The Morgan fingerprint density at radius 2 is 0.753 bits per heavy atom. The maximum absolute atomic E-state index is 15.0. The second-order valence-electron chi connectivity index (χ2n) is 17.3. The minimum Gasteiger partial charge on any atom is -0.507 e. The van der Waals surface area contributed by atoms with Gasteiger partial charge in [-0.1, -0.05) is 0 Å². The van der Waals surface area contributed by atoms with Crippen LogP contribution in [0.15, 0.2) is 48.8 Å². The van der Waals surface area contributed by atoms with E-state index in [0.29, 0.717) is 30.3 Å². The normalized spacial score (nSPS) is 19.4. The van der Waals surface area contributed by atoms with Gasteiger partial charge in [-0.15, -0.1) is 0 Å². The van der Waals surface area contributed by atoms with E-state index in [4.69, 9.17) is 32.5 Å². The molecule has 5 atom stereocenters. The molecule has 3 aliphatic rings. The Morgan fingerprint density at radius 3 is 1.25 bits per heavy atom. The molecule has 16 N–H and O–H groups in total. The zero-order valence-electron chi connectivity index (χ0n) is 37.4. The third-order valence-electron chi connectivity index (χ3n) is 13.1. The lowest BCUT2D eigenvalue weighted by Crippen LogP contribution is -2.62. The number of rotatable bonds is 0. The maximum atomic E-state index is 15.0. The van der Waals surface area contributed by atoms with Gasteiger partial charge in [-0.25, -0.2) is 28.8 Å². The molecule has 29 nitrogen and oxygen atoms in total. The topological polar surface area (TPSA) is 499 Å². The third kappa shape index (κ3) is 6.60. The molecule has 0 aliphatic carbocycles. The van der Waals surface area contributed by atoms with E-state index in [1.807, 2.05) is 0 Å². The summed E-state index contributed by atoms with van der Waals surface area (Å²) in [6.07, 6.45) is -12.7. The van der Waals surface area contributed by atoms with Crippen molar-refractivity contribution in [1.29, 1.82) is 0 Å². The molecule has 2 aromatic heterocycles. The molecule has 6 bridgehead atoms. The molecule has 1 fully saturated rings. The van der Waals surface area contributed by atoms with Crippen molar-refractivity contribution in [2.24, 2.45) is 0 Å². The Hall–Kier alpha value is -10.9. The summed E-state index contributed by atoms with van der Waals surface area (Å²) in [6.45, 7) is -1.41. The zero-order chi connectivity index (χ0) is 55.4. The minimum absolute atomic E-state index is 0.329. The largest absolute Gasteiger partial charge is 0.507 e. The molecular formula is C48H28O29. The van der Waals surface area contributed by atoms with Gasteiger partial charge in [-0.2, -0.15) is 0 Å². The highest BCUT2D eigenvalue weighted by molar-refractivity contribution is 6.28. The number of fused-ring (bicyclic) bond motifs is 10. The van der Waals surface area contributed by atoms with Crippen molar-refractivity contribution in [3.63, 3.8) is 0 Å². The van der Waals surface area contributed by atoms with E-state index in [0.717, 1.165) is 0 Å². The first kappa shape index (κ1) is 48.3. The average Bonchev–Trinajstić information content (AvgIpc) is 3.37. The summed E-state index contributed by atoms with van der Waals surface area (Å²) in [5.74, 6) is -28.5. The van der Waals surface area contributed by atoms with Crippen LogP contribution in [0.3, 0.4) is 0 Å². The summed E-state index contributed by atoms with van der Waals surface area (Å²) >= 11 is 0. The molecule has 8 aromatic rings. The van der Waals surface area contributed by atoms with Gasteiger partial charge in [0.2, 0.25) is 28.7 Å². The number of hydrogen-bond acceptors (Lipinski definition) is 29. The quantitative estimate of drug-likeness (QED) is 0.0340. The molecular weight excluding hydrogens is 1040 g/mol. The van der Waals surface area contributed by atoms with E-state index in [1.54, 1.807) is 0 Å². The molecule has 0 saturated carbocycles. The monoisotopic (exact) mass is 1070 g/mol. The minimum atomic E-state index is -2.67. The lowest BCUT2D eigenvalue weighted by molar-refractivity contribution is -0.284. The van der Waals surface area contributed by atoms with Crippen molar-refractivity contribution in [2.45, 2.75) is 30.7 Å². The van der Waals surface area contributed by atoms with Crippen LogP contribution in [0.25, 0.3) is 66.1 Å². The molecule has 394 valence electrons. The number of esters is 4. The molecule has 3 aliphatic heterocycles. The SMILES string of the molecule is O=C1O[C@H]2C(O)O[C@@H]3COC(=O)c4cc(O)c(O)c(O)c4-c4c(O)cc5oc(=O)c6c(c(O)c(O)c7oc(=O)c4c5c76)-c4c(cc(O)c(O)c4O)C(=O)OC3[C@@H]2OC(=O)c2cc(O)c(O)c(O)c2-c2c1cc(O)c(O)c2O. The van der Waals surface area contributed by atoms with Crippen LogP contribution in [-0.4, -0.2) is 143 Å². The van der Waals surface area contributed by atoms with Crippen LogP contribution in [0.4, 0.5) is 0 Å². The fourth-order valence-corrected chi connectivity index (χ4v) is 9.67. The number of ether oxygens (including phenoxy) is 5. The Balaban J connectivity index is 1.21. The molecule has 29 heteroatoms. The highest BCUT2D eigenvalue weighted by Crippen LogP contribution is 2.58. The van der Waals surface area contributed by atoms with Crippen molar-refractivity contribution in [2.75, 3.05) is 6.61 Å². The van der Waals surface area contributed by atoms with Crippen LogP contribution in [0, 0.1) is 0 Å². The van der Waals surface area contributed by atoms with Gasteiger partial charge in [0, 0.05) is 50.2 Å². The summed E-state index contributed by atoms with van der Waals surface area (Å²) < 4.78 is 38.8. The van der Waals surface area contributed by atoms with Gasteiger partial charge >= 0.3 is 35.1 Å². The highest BCUT2D eigenvalue weighted by atomic mass is 16.7. The molecule has 0 amide bonds. The number of aromatic hydroxyl groups is 15. The number of aliphatic hydroxyl groups is 1. The maximum Gasteiger partial charge on any atom is 0.345 e. The van der Waals surface area contributed by atoms with Crippen molar-refractivity contribution < 1.29 is 133 Å². The van der Waals surface area contributed by atoms with Gasteiger partial charge in [0.05, 0.1) is 33.0 Å². The Kier molecular flexibility index (Phi) is 10.2. The van der Waals surface area contributed by atoms with Crippen LogP contribution in [0.5, 0.6) is 86.2 Å². The van der Waals surface area contributed by atoms with E-state index in [-0.39, 0.29) is 0 Å². The summed E-state index contributed by atoms with van der Waals surface area (Å²) in [5, 5.41) is 174. The predicted octanol–water partition coefficient (Wildman–Crippen LogP) is 2.25. The van der Waals surface area contributed by atoms with E-state index in [9.17, 15) is 110 Å². The van der Waals surface area contributed by atoms with Gasteiger partial charge in [0.1, 0.15) is 24.0 Å². The van der Waals surface area contributed by atoms with E-state index < -0.39 is 247 Å². The fourth-order valence-electron chi connectivity index (χ4n) is 9.67. The van der Waals surface area contributed by atoms with Crippen LogP contribution in [-0.2, 0) is 23.7 Å².